The van der Waals surface area contributed by atoms with Gasteiger partial charge >= 0.3 is 0 Å². The van der Waals surface area contributed by atoms with Crippen LogP contribution >= 0.6 is 0 Å². The summed E-state index contributed by atoms with van der Waals surface area (Å²) in [5.41, 5.74) is 4.76. The zero-order valence-electron chi connectivity index (χ0n) is 16.5. The lowest BCUT2D eigenvalue weighted by molar-refractivity contribution is 0.0950. The SMILES string of the molecule is CCN1c2ccc(C(=O)NC3CC3)cc2C2NCCCC2C1c1ccccc1. The topological polar surface area (TPSA) is 44.4 Å². The van der Waals surface area contributed by atoms with Crippen LogP contribution in [0.25, 0.3) is 0 Å². The van der Waals surface area contributed by atoms with Crippen molar-refractivity contribution in [3.8, 4) is 0 Å². The first-order chi connectivity index (χ1) is 13.8. The second-order valence-electron chi connectivity index (χ2n) is 8.40. The Kier molecular flexibility index (Phi) is 4.59. The van der Waals surface area contributed by atoms with Gasteiger partial charge in [0.15, 0.2) is 0 Å². The van der Waals surface area contributed by atoms with Crippen LogP contribution in [0.4, 0.5) is 5.69 Å². The fraction of sp³-hybridized carbons (Fsp3) is 0.458. The van der Waals surface area contributed by atoms with Gasteiger partial charge in [-0.25, -0.2) is 0 Å². The van der Waals surface area contributed by atoms with Gasteiger partial charge in [-0.15, -0.1) is 0 Å². The average Bonchev–Trinajstić information content (AvgIpc) is 3.57. The highest BCUT2D eigenvalue weighted by atomic mass is 16.1. The highest BCUT2D eigenvalue weighted by molar-refractivity contribution is 5.95. The lowest BCUT2D eigenvalue weighted by atomic mass is 9.74. The maximum Gasteiger partial charge on any atom is 0.251 e. The van der Waals surface area contributed by atoms with E-state index >= 15 is 0 Å². The minimum absolute atomic E-state index is 0.0749. The number of carbonyl (C=O) groups is 1. The molecule has 0 bridgehead atoms. The Bertz CT molecular complexity index is 861. The summed E-state index contributed by atoms with van der Waals surface area (Å²) in [6, 6.07) is 18.3. The lowest BCUT2D eigenvalue weighted by Gasteiger charge is -2.50. The van der Waals surface area contributed by atoms with Gasteiger partial charge in [0, 0.05) is 35.8 Å². The van der Waals surface area contributed by atoms with Gasteiger partial charge in [0.25, 0.3) is 5.91 Å². The Morgan fingerprint density at radius 1 is 1.14 bits per heavy atom. The van der Waals surface area contributed by atoms with Gasteiger partial charge in [0.2, 0.25) is 0 Å². The Morgan fingerprint density at radius 2 is 1.96 bits per heavy atom. The van der Waals surface area contributed by atoms with E-state index in [0.717, 1.165) is 31.5 Å². The van der Waals surface area contributed by atoms with E-state index in [-0.39, 0.29) is 5.91 Å². The van der Waals surface area contributed by atoms with Crippen molar-refractivity contribution in [2.45, 2.75) is 50.7 Å². The van der Waals surface area contributed by atoms with Crippen molar-refractivity contribution in [2.24, 2.45) is 5.92 Å². The molecule has 1 amide bonds. The van der Waals surface area contributed by atoms with Crippen molar-refractivity contribution in [2.75, 3.05) is 18.0 Å². The number of nitrogens with one attached hydrogen (secondary N) is 2. The number of hydrogen-bond acceptors (Lipinski definition) is 3. The molecule has 0 radical (unpaired) electrons. The first-order valence-corrected chi connectivity index (χ1v) is 10.8. The van der Waals surface area contributed by atoms with Gasteiger partial charge in [-0.05, 0) is 68.5 Å². The molecule has 2 fully saturated rings. The molecule has 2 aromatic carbocycles. The van der Waals surface area contributed by atoms with E-state index in [1.807, 2.05) is 6.07 Å². The summed E-state index contributed by atoms with van der Waals surface area (Å²) in [6.07, 6.45) is 4.65. The summed E-state index contributed by atoms with van der Waals surface area (Å²) in [5.74, 6) is 0.594. The van der Waals surface area contributed by atoms with Crippen molar-refractivity contribution < 1.29 is 4.79 Å². The molecule has 2 N–H and O–H groups in total. The molecule has 146 valence electrons. The predicted octanol–water partition coefficient (Wildman–Crippen LogP) is 4.20. The maximum absolute atomic E-state index is 12.6. The summed E-state index contributed by atoms with van der Waals surface area (Å²) in [4.78, 5) is 15.2. The van der Waals surface area contributed by atoms with Crippen LogP contribution < -0.4 is 15.5 Å². The van der Waals surface area contributed by atoms with Crippen LogP contribution in [0.15, 0.2) is 48.5 Å². The van der Waals surface area contributed by atoms with Gasteiger partial charge < -0.3 is 15.5 Å². The van der Waals surface area contributed by atoms with Gasteiger partial charge in [-0.1, -0.05) is 30.3 Å². The van der Waals surface area contributed by atoms with Crippen molar-refractivity contribution in [3.63, 3.8) is 0 Å². The van der Waals surface area contributed by atoms with Crippen LogP contribution in [0.5, 0.6) is 0 Å². The van der Waals surface area contributed by atoms with E-state index in [2.05, 4.69) is 64.9 Å². The van der Waals surface area contributed by atoms with Crippen LogP contribution in [0.3, 0.4) is 0 Å². The number of piperidine rings is 1. The number of amides is 1. The van der Waals surface area contributed by atoms with Crippen LogP contribution in [0, 0.1) is 5.92 Å². The third-order valence-corrected chi connectivity index (χ3v) is 6.58. The highest BCUT2D eigenvalue weighted by Crippen LogP contribution is 2.50. The van der Waals surface area contributed by atoms with Gasteiger partial charge in [0.1, 0.15) is 0 Å². The van der Waals surface area contributed by atoms with E-state index in [0.29, 0.717) is 24.0 Å². The number of carbonyl (C=O) groups excluding carboxylic acids is 1. The number of benzene rings is 2. The highest BCUT2D eigenvalue weighted by Gasteiger charge is 2.42. The third-order valence-electron chi connectivity index (χ3n) is 6.58. The summed E-state index contributed by atoms with van der Waals surface area (Å²) < 4.78 is 0. The van der Waals surface area contributed by atoms with Gasteiger partial charge in [-0.2, -0.15) is 0 Å². The standard InChI is InChI=1S/C24H29N3O/c1-2-27-21-13-10-17(24(28)26-18-11-12-18)15-20(21)22-19(9-6-14-25-22)23(27)16-7-4-3-5-8-16/h3-5,7-8,10,13,15,18-19,22-23,25H,2,6,9,11-12,14H2,1H3,(H,26,28). The Labute approximate surface area is 167 Å². The predicted molar refractivity (Wildman–Crippen MR) is 113 cm³/mol. The monoisotopic (exact) mass is 375 g/mol. The molecule has 5 rings (SSSR count). The summed E-state index contributed by atoms with van der Waals surface area (Å²) in [5, 5.41) is 6.92. The lowest BCUT2D eigenvalue weighted by Crippen LogP contribution is -2.47. The molecule has 1 saturated heterocycles. The van der Waals surface area contributed by atoms with E-state index in [4.69, 9.17) is 0 Å². The molecule has 2 heterocycles. The minimum Gasteiger partial charge on any atom is -0.364 e. The van der Waals surface area contributed by atoms with Crippen molar-refractivity contribution in [3.05, 3.63) is 65.2 Å². The van der Waals surface area contributed by atoms with E-state index in [1.54, 1.807) is 0 Å². The number of rotatable bonds is 4. The largest absolute Gasteiger partial charge is 0.364 e. The molecule has 0 spiro atoms. The second kappa shape index (κ2) is 7.25. The third kappa shape index (κ3) is 3.10. The molecule has 1 aliphatic carbocycles. The van der Waals surface area contributed by atoms with E-state index in [9.17, 15) is 4.79 Å². The van der Waals surface area contributed by atoms with E-state index < -0.39 is 0 Å². The molecule has 1 saturated carbocycles. The molecule has 3 aliphatic rings. The zero-order chi connectivity index (χ0) is 19.1. The zero-order valence-corrected chi connectivity index (χ0v) is 16.5. The first kappa shape index (κ1) is 17.7. The maximum atomic E-state index is 12.6. The Hall–Kier alpha value is -2.33. The normalized spacial score (nSPS) is 26.3. The number of fused-ring (bicyclic) bond motifs is 3. The molecule has 4 nitrogen and oxygen atoms in total. The summed E-state index contributed by atoms with van der Waals surface area (Å²) >= 11 is 0. The molecule has 2 aromatic rings. The molecule has 2 aliphatic heterocycles. The van der Waals surface area contributed by atoms with Crippen LogP contribution in [0.1, 0.15) is 66.2 Å². The van der Waals surface area contributed by atoms with Crippen molar-refractivity contribution in [1.82, 2.24) is 10.6 Å². The van der Waals surface area contributed by atoms with Crippen molar-refractivity contribution in [1.29, 1.82) is 0 Å². The number of nitrogens with zero attached hydrogens (tertiary/aromatic N) is 1. The quantitative estimate of drug-likeness (QED) is 0.842. The fourth-order valence-corrected chi connectivity index (χ4v) is 5.12. The second-order valence-corrected chi connectivity index (χ2v) is 8.40. The molecule has 3 atom stereocenters. The molecular formula is C24H29N3O. The molecule has 3 unspecified atom stereocenters. The smallest absolute Gasteiger partial charge is 0.251 e. The minimum atomic E-state index is 0.0749. The summed E-state index contributed by atoms with van der Waals surface area (Å²) in [6.45, 7) is 4.25. The van der Waals surface area contributed by atoms with Gasteiger partial charge in [-0.3, -0.25) is 4.79 Å². The number of hydrogen-bond donors (Lipinski definition) is 2. The van der Waals surface area contributed by atoms with Crippen LogP contribution in [-0.2, 0) is 0 Å². The average molecular weight is 376 g/mol. The van der Waals surface area contributed by atoms with E-state index in [1.165, 1.54) is 29.7 Å². The van der Waals surface area contributed by atoms with Crippen LogP contribution in [-0.4, -0.2) is 25.0 Å². The molecule has 0 aromatic heterocycles. The van der Waals surface area contributed by atoms with Crippen molar-refractivity contribution >= 4 is 11.6 Å². The summed E-state index contributed by atoms with van der Waals surface area (Å²) in [7, 11) is 0. The van der Waals surface area contributed by atoms with Gasteiger partial charge in [0.05, 0.1) is 6.04 Å². The fourth-order valence-electron chi connectivity index (χ4n) is 5.12. The van der Waals surface area contributed by atoms with Crippen LogP contribution in [0.2, 0.25) is 0 Å². The Balaban J connectivity index is 1.57. The molecule has 4 heteroatoms. The number of anilines is 1. The first-order valence-electron chi connectivity index (χ1n) is 10.8. The molecule has 28 heavy (non-hydrogen) atoms. The Morgan fingerprint density at radius 3 is 2.71 bits per heavy atom. The molecular weight excluding hydrogens is 346 g/mol.